The van der Waals surface area contributed by atoms with Crippen molar-refractivity contribution < 1.29 is 0 Å². The number of likely N-dealkylation sites (N-methyl/N-ethyl adjacent to an activating group) is 1. The van der Waals surface area contributed by atoms with Crippen LogP contribution in [0.2, 0.25) is 0 Å². The molecule has 0 amide bonds. The molecule has 1 heteroatoms. The molecule has 0 fully saturated rings. The van der Waals surface area contributed by atoms with E-state index in [1.54, 1.807) is 0 Å². The number of benzene rings is 2. The molecule has 2 unspecified atom stereocenters. The van der Waals surface area contributed by atoms with Gasteiger partial charge in [-0.2, -0.15) is 0 Å². The Morgan fingerprint density at radius 2 is 1.71 bits per heavy atom. The maximum Gasteiger partial charge on any atom is 0.0105 e. The van der Waals surface area contributed by atoms with Crippen LogP contribution in [0.5, 0.6) is 0 Å². The number of hydrogen-bond donors (Lipinski definition) is 1. The minimum Gasteiger partial charge on any atom is -0.314 e. The van der Waals surface area contributed by atoms with E-state index in [1.807, 2.05) is 0 Å². The molecule has 0 aliphatic heterocycles. The summed E-state index contributed by atoms with van der Waals surface area (Å²) in [5.41, 5.74) is 1.41. The summed E-state index contributed by atoms with van der Waals surface area (Å²) < 4.78 is 0. The first-order valence-electron chi connectivity index (χ1n) is 6.44. The highest BCUT2D eigenvalue weighted by atomic mass is 14.9. The van der Waals surface area contributed by atoms with Crippen LogP contribution in [0.1, 0.15) is 32.3 Å². The lowest BCUT2D eigenvalue weighted by Gasteiger charge is -2.21. The predicted octanol–water partition coefficient (Wildman–Crippen LogP) is 3.94. The summed E-state index contributed by atoms with van der Waals surface area (Å²) in [6.07, 6.45) is 0. The van der Waals surface area contributed by atoms with Crippen molar-refractivity contribution in [2.24, 2.45) is 0 Å². The topological polar surface area (TPSA) is 12.0 Å². The van der Waals surface area contributed by atoms with Crippen LogP contribution < -0.4 is 5.32 Å². The van der Waals surface area contributed by atoms with Crippen LogP contribution in [-0.4, -0.2) is 12.6 Å². The van der Waals surface area contributed by atoms with E-state index < -0.39 is 0 Å². The van der Waals surface area contributed by atoms with E-state index in [0.29, 0.717) is 12.0 Å². The predicted molar refractivity (Wildman–Crippen MR) is 75.5 cm³/mol. The largest absolute Gasteiger partial charge is 0.314 e. The molecule has 0 aromatic heterocycles. The normalized spacial score (nSPS) is 14.8. The fourth-order valence-electron chi connectivity index (χ4n) is 2.28. The molecule has 17 heavy (non-hydrogen) atoms. The SMILES string of the molecule is CCNC(C)C(C)c1ccc2ccccc2c1. The Morgan fingerprint density at radius 3 is 2.41 bits per heavy atom. The Labute approximate surface area is 104 Å². The Kier molecular flexibility index (Phi) is 3.80. The Balaban J connectivity index is 2.29. The molecule has 2 rings (SSSR count). The van der Waals surface area contributed by atoms with Crippen molar-refractivity contribution in [2.45, 2.75) is 32.7 Å². The van der Waals surface area contributed by atoms with Crippen molar-refractivity contribution in [1.29, 1.82) is 0 Å². The van der Waals surface area contributed by atoms with Crippen LogP contribution in [0.4, 0.5) is 0 Å². The number of nitrogens with one attached hydrogen (secondary N) is 1. The number of hydrogen-bond acceptors (Lipinski definition) is 1. The molecule has 2 atom stereocenters. The van der Waals surface area contributed by atoms with Gasteiger partial charge in [0.2, 0.25) is 0 Å². The highest BCUT2D eigenvalue weighted by molar-refractivity contribution is 5.83. The first-order valence-corrected chi connectivity index (χ1v) is 6.44. The van der Waals surface area contributed by atoms with Crippen molar-refractivity contribution in [3.8, 4) is 0 Å². The summed E-state index contributed by atoms with van der Waals surface area (Å²) in [6.45, 7) is 7.73. The van der Waals surface area contributed by atoms with Crippen LogP contribution >= 0.6 is 0 Å². The molecule has 1 N–H and O–H groups in total. The standard InChI is InChI=1S/C16H21N/c1-4-17-13(3)12(2)15-10-9-14-7-5-6-8-16(14)11-15/h5-13,17H,4H2,1-3H3. The minimum atomic E-state index is 0.515. The van der Waals surface area contributed by atoms with Gasteiger partial charge in [0.15, 0.2) is 0 Å². The second-order valence-corrected chi connectivity index (χ2v) is 4.74. The molecular weight excluding hydrogens is 206 g/mol. The maximum atomic E-state index is 3.49. The van der Waals surface area contributed by atoms with E-state index in [1.165, 1.54) is 16.3 Å². The Morgan fingerprint density at radius 1 is 1.00 bits per heavy atom. The molecule has 0 aliphatic carbocycles. The van der Waals surface area contributed by atoms with Gasteiger partial charge in [-0.1, -0.05) is 56.3 Å². The molecule has 1 nitrogen and oxygen atoms in total. The maximum absolute atomic E-state index is 3.49. The monoisotopic (exact) mass is 227 g/mol. The van der Waals surface area contributed by atoms with E-state index in [9.17, 15) is 0 Å². The van der Waals surface area contributed by atoms with E-state index in [4.69, 9.17) is 0 Å². The van der Waals surface area contributed by atoms with Gasteiger partial charge in [-0.3, -0.25) is 0 Å². The summed E-state index contributed by atoms with van der Waals surface area (Å²) in [4.78, 5) is 0. The summed E-state index contributed by atoms with van der Waals surface area (Å²) in [5.74, 6) is 0.541. The fourth-order valence-corrected chi connectivity index (χ4v) is 2.28. The van der Waals surface area contributed by atoms with E-state index in [-0.39, 0.29) is 0 Å². The van der Waals surface area contributed by atoms with Gasteiger partial charge in [0.1, 0.15) is 0 Å². The van der Waals surface area contributed by atoms with Gasteiger partial charge >= 0.3 is 0 Å². The first kappa shape index (κ1) is 12.1. The highest BCUT2D eigenvalue weighted by Gasteiger charge is 2.13. The van der Waals surface area contributed by atoms with Crippen molar-refractivity contribution in [1.82, 2.24) is 5.32 Å². The Bertz CT molecular complexity index is 490. The van der Waals surface area contributed by atoms with E-state index >= 15 is 0 Å². The molecule has 0 saturated heterocycles. The third-order valence-corrected chi connectivity index (χ3v) is 3.58. The van der Waals surface area contributed by atoms with Gasteiger partial charge in [0, 0.05) is 6.04 Å². The summed E-state index contributed by atoms with van der Waals surface area (Å²) in [6, 6.07) is 15.8. The lowest BCUT2D eigenvalue weighted by molar-refractivity contribution is 0.495. The van der Waals surface area contributed by atoms with Crippen molar-refractivity contribution in [3.63, 3.8) is 0 Å². The van der Waals surface area contributed by atoms with Crippen molar-refractivity contribution in [2.75, 3.05) is 6.54 Å². The van der Waals surface area contributed by atoms with Crippen molar-refractivity contribution in [3.05, 3.63) is 48.0 Å². The van der Waals surface area contributed by atoms with Gasteiger partial charge in [-0.15, -0.1) is 0 Å². The molecule has 0 heterocycles. The second kappa shape index (κ2) is 5.33. The number of rotatable bonds is 4. The first-order chi connectivity index (χ1) is 8.22. The molecule has 90 valence electrons. The van der Waals surface area contributed by atoms with Gasteiger partial charge in [0.05, 0.1) is 0 Å². The van der Waals surface area contributed by atoms with Crippen LogP contribution in [0.25, 0.3) is 10.8 Å². The van der Waals surface area contributed by atoms with Gasteiger partial charge < -0.3 is 5.32 Å². The zero-order valence-electron chi connectivity index (χ0n) is 10.9. The smallest absolute Gasteiger partial charge is 0.0105 e. The Hall–Kier alpha value is -1.34. The van der Waals surface area contributed by atoms with Crippen LogP contribution in [0.3, 0.4) is 0 Å². The quantitative estimate of drug-likeness (QED) is 0.834. The molecule has 0 spiro atoms. The van der Waals surface area contributed by atoms with Crippen LogP contribution in [0.15, 0.2) is 42.5 Å². The summed E-state index contributed by atoms with van der Waals surface area (Å²) >= 11 is 0. The van der Waals surface area contributed by atoms with E-state index in [0.717, 1.165) is 6.54 Å². The molecule has 0 aliphatic rings. The molecule has 2 aromatic rings. The van der Waals surface area contributed by atoms with Crippen LogP contribution in [0, 0.1) is 0 Å². The minimum absolute atomic E-state index is 0.515. The van der Waals surface area contributed by atoms with E-state index in [2.05, 4.69) is 68.6 Å². The van der Waals surface area contributed by atoms with Gasteiger partial charge in [0.25, 0.3) is 0 Å². The average molecular weight is 227 g/mol. The lowest BCUT2D eigenvalue weighted by Crippen LogP contribution is -2.30. The molecular formula is C16H21N. The fraction of sp³-hybridized carbons (Fsp3) is 0.375. The van der Waals surface area contributed by atoms with Crippen LogP contribution in [-0.2, 0) is 0 Å². The molecule has 0 bridgehead atoms. The summed E-state index contributed by atoms with van der Waals surface area (Å²) in [5, 5.41) is 6.14. The summed E-state index contributed by atoms with van der Waals surface area (Å²) in [7, 11) is 0. The van der Waals surface area contributed by atoms with Crippen molar-refractivity contribution >= 4 is 10.8 Å². The lowest BCUT2D eigenvalue weighted by atomic mass is 9.92. The molecule has 0 saturated carbocycles. The third-order valence-electron chi connectivity index (χ3n) is 3.58. The van der Waals surface area contributed by atoms with Gasteiger partial charge in [-0.25, -0.2) is 0 Å². The zero-order chi connectivity index (χ0) is 12.3. The third kappa shape index (κ3) is 2.67. The zero-order valence-corrected chi connectivity index (χ0v) is 10.9. The average Bonchev–Trinajstić information content (AvgIpc) is 2.37. The molecule has 0 radical (unpaired) electrons. The second-order valence-electron chi connectivity index (χ2n) is 4.74. The number of fused-ring (bicyclic) bond motifs is 1. The highest BCUT2D eigenvalue weighted by Crippen LogP contribution is 2.23. The molecule has 2 aromatic carbocycles. The van der Waals surface area contributed by atoms with Gasteiger partial charge in [-0.05, 0) is 35.7 Å².